The minimum absolute atomic E-state index is 0.0322. The predicted octanol–water partition coefficient (Wildman–Crippen LogP) is 6.99. The van der Waals surface area contributed by atoms with Crippen LogP contribution in [0.4, 0.5) is 11.5 Å². The maximum absolute atomic E-state index is 10.1. The minimum Gasteiger partial charge on any atom is -0.488 e. The molecule has 1 saturated heterocycles. The van der Waals surface area contributed by atoms with Gasteiger partial charge in [0.1, 0.15) is 33.8 Å². The van der Waals surface area contributed by atoms with Crippen LogP contribution in [0.25, 0.3) is 26.5 Å². The third kappa shape index (κ3) is 5.56. The fourth-order valence-electron chi connectivity index (χ4n) is 3.91. The van der Waals surface area contributed by atoms with E-state index in [1.165, 1.54) is 23.1 Å². The molecule has 1 aliphatic rings. The van der Waals surface area contributed by atoms with Gasteiger partial charge in [-0.1, -0.05) is 47.6 Å². The summed E-state index contributed by atoms with van der Waals surface area (Å²) in [5, 5.41) is 14.1. The summed E-state index contributed by atoms with van der Waals surface area (Å²) < 4.78 is 11.3. The molecule has 0 radical (unpaired) electrons. The summed E-state index contributed by atoms with van der Waals surface area (Å²) in [6, 6.07) is 17.1. The number of nitrogens with zero attached hydrogens (tertiary/aromatic N) is 4. The zero-order valence-electron chi connectivity index (χ0n) is 19.5. The molecule has 2 N–H and O–H groups in total. The number of pyridine rings is 1. The zero-order chi connectivity index (χ0) is 25.8. The predicted molar refractivity (Wildman–Crippen MR) is 147 cm³/mol. The Morgan fingerprint density at radius 2 is 1.95 bits per heavy atom. The number of hydrogen-bond donors (Lipinski definition) is 1. The second-order valence-corrected chi connectivity index (χ2v) is 10.5. The highest BCUT2D eigenvalue weighted by atomic mass is 35.5. The number of benzene rings is 2. The maximum Gasteiger partial charge on any atom is 0.236 e. The van der Waals surface area contributed by atoms with Gasteiger partial charge in [0.2, 0.25) is 5.69 Å². The van der Waals surface area contributed by atoms with Crippen molar-refractivity contribution in [2.45, 2.75) is 23.3 Å². The van der Waals surface area contributed by atoms with E-state index in [-0.39, 0.29) is 17.6 Å². The number of anilines is 1. The van der Waals surface area contributed by atoms with Crippen LogP contribution in [0.3, 0.4) is 0 Å². The lowest BCUT2D eigenvalue weighted by atomic mass is 10.00. The molecule has 0 aliphatic carbocycles. The molecule has 3 heterocycles. The van der Waals surface area contributed by atoms with Gasteiger partial charge in [0, 0.05) is 33.7 Å². The fraction of sp³-hybridized carbons (Fsp3) is 0.185. The van der Waals surface area contributed by atoms with E-state index in [1.807, 2.05) is 53.9 Å². The Kier molecular flexibility index (Phi) is 7.59. The summed E-state index contributed by atoms with van der Waals surface area (Å²) in [6.45, 7) is 8.95. The first-order valence-electron chi connectivity index (χ1n) is 11.3. The van der Waals surface area contributed by atoms with Crippen LogP contribution >= 0.6 is 34.7 Å². The number of nitrogens with two attached hydrogens (primary N) is 1. The SMILES string of the molecule is [C-]#[N+]c1c(N)nc(SCc2csc(-c3ccc(Cl)cc3)n2)c(C#N)c1-c1ccc(OC2CCOC2)cc1. The zero-order valence-corrected chi connectivity index (χ0v) is 21.9. The van der Waals surface area contributed by atoms with Crippen molar-refractivity contribution in [2.75, 3.05) is 18.9 Å². The highest BCUT2D eigenvalue weighted by Crippen LogP contribution is 2.42. The first kappa shape index (κ1) is 25.1. The van der Waals surface area contributed by atoms with E-state index in [2.05, 4.69) is 15.9 Å². The molecule has 10 heteroatoms. The van der Waals surface area contributed by atoms with Crippen molar-refractivity contribution in [3.63, 3.8) is 0 Å². The van der Waals surface area contributed by atoms with E-state index in [4.69, 9.17) is 38.4 Å². The standard InChI is InChI=1S/C27H20ClN5O2S2/c1-31-24-23(16-4-8-20(9-5-16)35-21-10-11-34-13-21)22(12-29)27(33-25(24)30)37-15-19-14-36-26(32-19)17-2-6-18(28)7-3-17/h2-9,14,21H,10-11,13,15H2,(H2,30,33). The molecule has 5 rings (SSSR count). The summed E-state index contributed by atoms with van der Waals surface area (Å²) in [6.07, 6.45) is 0.883. The molecule has 1 fully saturated rings. The van der Waals surface area contributed by atoms with Crippen LogP contribution in [0.15, 0.2) is 58.9 Å². The fourth-order valence-corrected chi connectivity index (χ4v) is 5.86. The van der Waals surface area contributed by atoms with Gasteiger partial charge in [-0.25, -0.2) is 14.8 Å². The Hall–Kier alpha value is -3.60. The lowest BCUT2D eigenvalue weighted by Gasteiger charge is -2.15. The molecule has 2 aromatic carbocycles. The van der Waals surface area contributed by atoms with Gasteiger partial charge in [-0.15, -0.1) is 11.3 Å². The van der Waals surface area contributed by atoms with Crippen LogP contribution in [-0.4, -0.2) is 29.3 Å². The summed E-state index contributed by atoms with van der Waals surface area (Å²) in [7, 11) is 0. The molecule has 1 aliphatic heterocycles. The smallest absolute Gasteiger partial charge is 0.236 e. The van der Waals surface area contributed by atoms with Gasteiger partial charge in [0.25, 0.3) is 0 Å². The van der Waals surface area contributed by atoms with Crippen molar-refractivity contribution in [1.82, 2.24) is 9.97 Å². The number of thioether (sulfide) groups is 1. The van der Waals surface area contributed by atoms with Crippen LogP contribution in [0.1, 0.15) is 17.7 Å². The highest BCUT2D eigenvalue weighted by molar-refractivity contribution is 7.98. The number of thiazole rings is 1. The lowest BCUT2D eigenvalue weighted by molar-refractivity contribution is 0.141. The van der Waals surface area contributed by atoms with Gasteiger partial charge in [-0.05, 0) is 29.8 Å². The molecule has 2 aromatic heterocycles. The molecular formula is C27H20ClN5O2S2. The topological polar surface area (TPSA) is 98.4 Å². The van der Waals surface area contributed by atoms with Crippen molar-refractivity contribution in [1.29, 1.82) is 5.26 Å². The van der Waals surface area contributed by atoms with Crippen LogP contribution in [-0.2, 0) is 10.5 Å². The van der Waals surface area contributed by atoms with E-state index < -0.39 is 0 Å². The number of nitriles is 1. The monoisotopic (exact) mass is 545 g/mol. The summed E-state index contributed by atoms with van der Waals surface area (Å²) in [5.41, 5.74) is 9.69. The number of hydrogen-bond acceptors (Lipinski definition) is 8. The Bertz CT molecular complexity index is 1500. The number of nitrogen functional groups attached to an aromatic ring is 1. The van der Waals surface area contributed by atoms with Gasteiger partial charge in [0.05, 0.1) is 31.0 Å². The second-order valence-electron chi connectivity index (χ2n) is 8.19. The highest BCUT2D eigenvalue weighted by Gasteiger charge is 2.22. The third-order valence-electron chi connectivity index (χ3n) is 5.72. The summed E-state index contributed by atoms with van der Waals surface area (Å²) >= 11 is 8.90. The lowest BCUT2D eigenvalue weighted by Crippen LogP contribution is -2.15. The van der Waals surface area contributed by atoms with Crippen molar-refractivity contribution in [3.8, 4) is 33.5 Å². The molecular weight excluding hydrogens is 526 g/mol. The number of aromatic nitrogens is 2. The number of halogens is 1. The van der Waals surface area contributed by atoms with Crippen LogP contribution in [0.5, 0.6) is 5.75 Å². The molecule has 0 saturated carbocycles. The third-order valence-corrected chi connectivity index (χ3v) is 7.92. The van der Waals surface area contributed by atoms with Crippen molar-refractivity contribution < 1.29 is 9.47 Å². The van der Waals surface area contributed by atoms with Crippen molar-refractivity contribution in [3.05, 3.63) is 81.6 Å². The molecule has 0 spiro atoms. The van der Waals surface area contributed by atoms with Gasteiger partial charge in [-0.2, -0.15) is 5.26 Å². The molecule has 1 unspecified atom stereocenters. The largest absolute Gasteiger partial charge is 0.488 e. The van der Waals surface area contributed by atoms with Crippen molar-refractivity contribution in [2.24, 2.45) is 0 Å². The molecule has 184 valence electrons. The van der Waals surface area contributed by atoms with Gasteiger partial charge in [-0.3, -0.25) is 0 Å². The van der Waals surface area contributed by atoms with E-state index in [0.29, 0.717) is 51.5 Å². The van der Waals surface area contributed by atoms with E-state index in [1.54, 1.807) is 0 Å². The van der Waals surface area contributed by atoms with Gasteiger partial charge < -0.3 is 15.2 Å². The van der Waals surface area contributed by atoms with Crippen LogP contribution < -0.4 is 10.5 Å². The average Bonchev–Trinajstić information content (AvgIpc) is 3.60. The van der Waals surface area contributed by atoms with Crippen LogP contribution in [0.2, 0.25) is 5.02 Å². The molecule has 4 aromatic rings. The Labute approximate surface area is 227 Å². The molecule has 7 nitrogen and oxygen atoms in total. The molecule has 37 heavy (non-hydrogen) atoms. The molecule has 0 bridgehead atoms. The summed E-state index contributed by atoms with van der Waals surface area (Å²) in [5.74, 6) is 1.30. The van der Waals surface area contributed by atoms with Gasteiger partial charge >= 0.3 is 0 Å². The first-order valence-corrected chi connectivity index (χ1v) is 13.6. The van der Waals surface area contributed by atoms with E-state index >= 15 is 0 Å². The second kappa shape index (κ2) is 11.2. The quantitative estimate of drug-likeness (QED) is 0.197. The normalized spacial score (nSPS) is 14.7. The number of ether oxygens (including phenoxy) is 2. The van der Waals surface area contributed by atoms with Crippen molar-refractivity contribution >= 4 is 46.2 Å². The number of rotatable bonds is 7. The average molecular weight is 546 g/mol. The van der Waals surface area contributed by atoms with Crippen LogP contribution in [0, 0.1) is 17.9 Å². The Balaban J connectivity index is 1.41. The first-order chi connectivity index (χ1) is 18.1. The van der Waals surface area contributed by atoms with E-state index in [9.17, 15) is 5.26 Å². The molecule has 1 atom stereocenters. The Morgan fingerprint density at radius 3 is 2.62 bits per heavy atom. The van der Waals surface area contributed by atoms with Gasteiger partial charge in [0.15, 0.2) is 0 Å². The Morgan fingerprint density at radius 1 is 1.19 bits per heavy atom. The van der Waals surface area contributed by atoms with E-state index in [0.717, 1.165) is 22.7 Å². The molecule has 0 amide bonds. The maximum atomic E-state index is 10.1. The summed E-state index contributed by atoms with van der Waals surface area (Å²) in [4.78, 5) is 12.7. The minimum atomic E-state index is 0.0322.